The van der Waals surface area contributed by atoms with Crippen LogP contribution in [-0.2, 0) is 12.8 Å². The van der Waals surface area contributed by atoms with Crippen molar-refractivity contribution in [1.82, 2.24) is 18.9 Å². The van der Waals surface area contributed by atoms with Crippen LogP contribution in [0.4, 0.5) is 0 Å². The summed E-state index contributed by atoms with van der Waals surface area (Å²) in [7, 11) is 1.72. The summed E-state index contributed by atoms with van der Waals surface area (Å²) >= 11 is 1.40. The molecule has 0 bridgehead atoms. The SMILES string of the molecule is Cc1cccn2c(=O)cc(CSc3nc4cc5ccccc5cc4c(=O)n3C)nc12. The molecule has 0 radical (unpaired) electrons. The molecule has 0 spiro atoms. The van der Waals surface area contributed by atoms with Crippen LogP contribution >= 0.6 is 11.8 Å². The van der Waals surface area contributed by atoms with Crippen LogP contribution in [0, 0.1) is 6.92 Å². The van der Waals surface area contributed by atoms with Crippen molar-refractivity contribution >= 4 is 39.1 Å². The zero-order valence-corrected chi connectivity index (χ0v) is 17.3. The minimum Gasteiger partial charge on any atom is -0.290 e. The number of nitrogens with zero attached hydrogens (tertiary/aromatic N) is 4. The van der Waals surface area contributed by atoms with Crippen molar-refractivity contribution < 1.29 is 0 Å². The van der Waals surface area contributed by atoms with Gasteiger partial charge in [0.15, 0.2) is 5.16 Å². The van der Waals surface area contributed by atoms with Gasteiger partial charge in [-0.3, -0.25) is 18.6 Å². The third kappa shape index (κ3) is 3.07. The van der Waals surface area contributed by atoms with Gasteiger partial charge in [-0.25, -0.2) is 9.97 Å². The summed E-state index contributed by atoms with van der Waals surface area (Å²) in [5.74, 6) is 0.444. The van der Waals surface area contributed by atoms with Crippen LogP contribution in [0.3, 0.4) is 0 Å². The Morgan fingerprint density at radius 3 is 2.53 bits per heavy atom. The van der Waals surface area contributed by atoms with E-state index in [4.69, 9.17) is 4.98 Å². The Hall–Kier alpha value is -3.45. The van der Waals surface area contributed by atoms with E-state index in [9.17, 15) is 9.59 Å². The minimum absolute atomic E-state index is 0.0874. The van der Waals surface area contributed by atoms with Gasteiger partial charge in [-0.05, 0) is 41.5 Å². The molecule has 30 heavy (non-hydrogen) atoms. The Kier molecular flexibility index (Phi) is 4.40. The second kappa shape index (κ2) is 7.11. The Labute approximate surface area is 175 Å². The molecule has 0 aliphatic heterocycles. The summed E-state index contributed by atoms with van der Waals surface area (Å²) in [5.41, 5.74) is 2.70. The minimum atomic E-state index is -0.119. The molecule has 2 aromatic carbocycles. The molecule has 0 saturated heterocycles. The predicted molar refractivity (Wildman–Crippen MR) is 120 cm³/mol. The van der Waals surface area contributed by atoms with E-state index in [-0.39, 0.29) is 11.1 Å². The first-order chi connectivity index (χ1) is 14.5. The first-order valence-electron chi connectivity index (χ1n) is 9.51. The van der Waals surface area contributed by atoms with E-state index >= 15 is 0 Å². The molecule has 6 nitrogen and oxygen atoms in total. The molecule has 0 amide bonds. The number of aromatic nitrogens is 4. The molecule has 0 atom stereocenters. The molecule has 0 fully saturated rings. The van der Waals surface area contributed by atoms with Gasteiger partial charge in [0.25, 0.3) is 11.1 Å². The molecule has 5 aromatic rings. The molecule has 7 heteroatoms. The van der Waals surface area contributed by atoms with Crippen molar-refractivity contribution in [2.24, 2.45) is 7.05 Å². The first-order valence-corrected chi connectivity index (χ1v) is 10.5. The molecular formula is C23H18N4O2S. The summed E-state index contributed by atoms with van der Waals surface area (Å²) in [4.78, 5) is 34.7. The highest BCUT2D eigenvalue weighted by molar-refractivity contribution is 7.98. The third-order valence-electron chi connectivity index (χ3n) is 5.19. The van der Waals surface area contributed by atoms with E-state index in [2.05, 4.69) is 4.98 Å². The molecule has 0 aliphatic rings. The highest BCUT2D eigenvalue weighted by Gasteiger charge is 2.12. The zero-order chi connectivity index (χ0) is 20.8. The Balaban J connectivity index is 1.55. The van der Waals surface area contributed by atoms with E-state index < -0.39 is 0 Å². The lowest BCUT2D eigenvalue weighted by Crippen LogP contribution is -2.20. The topological polar surface area (TPSA) is 69.3 Å². The zero-order valence-electron chi connectivity index (χ0n) is 16.5. The van der Waals surface area contributed by atoms with Gasteiger partial charge in [0, 0.05) is 25.1 Å². The Morgan fingerprint density at radius 2 is 1.73 bits per heavy atom. The number of thioether (sulfide) groups is 1. The number of benzene rings is 2. The number of fused-ring (bicyclic) bond motifs is 3. The molecule has 0 N–H and O–H groups in total. The summed E-state index contributed by atoms with van der Waals surface area (Å²) in [6, 6.07) is 17.1. The van der Waals surface area contributed by atoms with E-state index in [1.165, 1.54) is 17.8 Å². The molecule has 148 valence electrons. The summed E-state index contributed by atoms with van der Waals surface area (Å²) in [6.45, 7) is 1.93. The van der Waals surface area contributed by atoms with Gasteiger partial charge in [0.05, 0.1) is 16.6 Å². The maximum absolute atomic E-state index is 12.9. The summed E-state index contributed by atoms with van der Waals surface area (Å²) in [6.07, 6.45) is 1.72. The van der Waals surface area contributed by atoms with Crippen molar-refractivity contribution in [2.75, 3.05) is 0 Å². The van der Waals surface area contributed by atoms with Gasteiger partial charge >= 0.3 is 0 Å². The molecule has 0 unspecified atom stereocenters. The van der Waals surface area contributed by atoms with E-state index in [0.29, 0.717) is 33.2 Å². The fourth-order valence-corrected chi connectivity index (χ4v) is 4.45. The van der Waals surface area contributed by atoms with Crippen molar-refractivity contribution in [3.8, 4) is 0 Å². The molecule has 3 aromatic heterocycles. The average Bonchev–Trinajstić information content (AvgIpc) is 2.75. The van der Waals surface area contributed by atoms with Crippen LogP contribution in [0.15, 0.2) is 75.5 Å². The van der Waals surface area contributed by atoms with E-state index in [0.717, 1.165) is 16.3 Å². The first kappa shape index (κ1) is 18.6. The molecule has 0 saturated carbocycles. The van der Waals surface area contributed by atoms with Gasteiger partial charge in [-0.1, -0.05) is 42.1 Å². The fourth-order valence-electron chi connectivity index (χ4n) is 3.59. The number of hydrogen-bond donors (Lipinski definition) is 0. The third-order valence-corrected chi connectivity index (χ3v) is 6.25. The number of rotatable bonds is 3. The molecule has 5 rings (SSSR count). The van der Waals surface area contributed by atoms with Gasteiger partial charge in [-0.2, -0.15) is 0 Å². The number of aryl methyl sites for hydroxylation is 1. The van der Waals surface area contributed by atoms with Crippen LogP contribution in [-0.4, -0.2) is 18.9 Å². The Bertz CT molecular complexity index is 1570. The van der Waals surface area contributed by atoms with Crippen LogP contribution < -0.4 is 11.1 Å². The normalized spacial score (nSPS) is 11.5. The van der Waals surface area contributed by atoms with Crippen molar-refractivity contribution in [2.45, 2.75) is 17.8 Å². The molecule has 0 aliphatic carbocycles. The highest BCUT2D eigenvalue weighted by Crippen LogP contribution is 2.24. The number of pyridine rings is 1. The van der Waals surface area contributed by atoms with Crippen molar-refractivity contribution in [1.29, 1.82) is 0 Å². The smallest absolute Gasteiger partial charge is 0.261 e. The second-order valence-electron chi connectivity index (χ2n) is 7.23. The van der Waals surface area contributed by atoms with Gasteiger partial charge in [-0.15, -0.1) is 0 Å². The van der Waals surface area contributed by atoms with Gasteiger partial charge < -0.3 is 0 Å². The van der Waals surface area contributed by atoms with Crippen molar-refractivity contribution in [3.63, 3.8) is 0 Å². The van der Waals surface area contributed by atoms with E-state index in [1.54, 1.807) is 22.2 Å². The predicted octanol–water partition coefficient (Wildman–Crippen LogP) is 3.70. The largest absolute Gasteiger partial charge is 0.290 e. The second-order valence-corrected chi connectivity index (χ2v) is 8.18. The summed E-state index contributed by atoms with van der Waals surface area (Å²) < 4.78 is 3.10. The van der Waals surface area contributed by atoms with Crippen LogP contribution in [0.1, 0.15) is 11.3 Å². The quantitative estimate of drug-likeness (QED) is 0.256. The Morgan fingerprint density at radius 1 is 0.967 bits per heavy atom. The molecular weight excluding hydrogens is 396 g/mol. The molecule has 3 heterocycles. The standard InChI is InChI=1S/C23H18N4O2S/c1-14-6-5-9-27-20(28)12-17(24-21(14)27)13-30-23-25-19-11-16-8-4-3-7-15(16)10-18(19)22(29)26(23)2/h3-12H,13H2,1-2H3. The number of hydrogen-bond acceptors (Lipinski definition) is 5. The lowest BCUT2D eigenvalue weighted by atomic mass is 10.1. The highest BCUT2D eigenvalue weighted by atomic mass is 32.2. The lowest BCUT2D eigenvalue weighted by molar-refractivity contribution is 0.726. The van der Waals surface area contributed by atoms with Crippen molar-refractivity contribution in [3.05, 3.63) is 92.8 Å². The van der Waals surface area contributed by atoms with Gasteiger partial charge in [0.2, 0.25) is 0 Å². The van der Waals surface area contributed by atoms with Crippen LogP contribution in [0.2, 0.25) is 0 Å². The lowest BCUT2D eigenvalue weighted by Gasteiger charge is -2.10. The van der Waals surface area contributed by atoms with Crippen LogP contribution in [0.5, 0.6) is 0 Å². The van der Waals surface area contributed by atoms with Gasteiger partial charge in [0.1, 0.15) is 5.65 Å². The van der Waals surface area contributed by atoms with E-state index in [1.807, 2.05) is 55.5 Å². The maximum Gasteiger partial charge on any atom is 0.261 e. The average molecular weight is 414 g/mol. The van der Waals surface area contributed by atoms with Crippen LogP contribution in [0.25, 0.3) is 27.3 Å². The maximum atomic E-state index is 12.9. The fraction of sp³-hybridized carbons (Fsp3) is 0.130. The monoisotopic (exact) mass is 414 g/mol. The summed E-state index contributed by atoms with van der Waals surface area (Å²) in [5, 5.41) is 3.25.